The summed E-state index contributed by atoms with van der Waals surface area (Å²) in [5, 5.41) is 12.2. The molecule has 41 heavy (non-hydrogen) atoms. The predicted octanol–water partition coefficient (Wildman–Crippen LogP) is 1.74. The van der Waals surface area contributed by atoms with Gasteiger partial charge in [0.15, 0.2) is 0 Å². The van der Waals surface area contributed by atoms with E-state index in [9.17, 15) is 14.4 Å². The molecule has 0 radical (unpaired) electrons. The number of hydrogen-bond acceptors (Lipinski definition) is 7. The Morgan fingerprint density at radius 2 is 1.59 bits per heavy atom. The number of thioether (sulfide) groups is 1. The third-order valence-corrected chi connectivity index (χ3v) is 8.25. The van der Waals surface area contributed by atoms with E-state index >= 15 is 0 Å². The van der Waals surface area contributed by atoms with Gasteiger partial charge in [0.2, 0.25) is 5.91 Å². The Labute approximate surface area is 245 Å². The molecule has 0 aromatic heterocycles. The van der Waals surface area contributed by atoms with Crippen molar-refractivity contribution in [3.8, 4) is 0 Å². The van der Waals surface area contributed by atoms with Crippen LogP contribution in [-0.4, -0.2) is 105 Å². The van der Waals surface area contributed by atoms with Crippen molar-refractivity contribution < 1.29 is 33.4 Å². The summed E-state index contributed by atoms with van der Waals surface area (Å²) in [7, 11) is 0. The van der Waals surface area contributed by atoms with Gasteiger partial charge in [-0.15, -0.1) is 0 Å². The molecule has 226 valence electrons. The lowest BCUT2D eigenvalue weighted by molar-refractivity contribution is -0.121. The Kier molecular flexibility index (Phi) is 15.3. The number of fused-ring (bicyclic) bond motifs is 1. The summed E-state index contributed by atoms with van der Waals surface area (Å²) in [5.74, 6) is 0.874. The highest BCUT2D eigenvalue weighted by Gasteiger charge is 2.42. The van der Waals surface area contributed by atoms with Gasteiger partial charge in [0.25, 0.3) is 12.1 Å². The van der Waals surface area contributed by atoms with E-state index < -0.39 is 0 Å². The number of hydrogen-bond donors (Lipinski definition) is 4. The summed E-state index contributed by atoms with van der Waals surface area (Å²) < 4.78 is 16.5. The Morgan fingerprint density at radius 1 is 0.927 bits per heavy atom. The quantitative estimate of drug-likeness (QED) is 0.0557. The molecule has 3 atom stereocenters. The topological polar surface area (TPSA) is 163 Å². The van der Waals surface area contributed by atoms with E-state index in [2.05, 4.69) is 26.1 Å². The largest absolute Gasteiger partial charge is 0.379 e. The second-order valence-corrected chi connectivity index (χ2v) is 11.2. The maximum Gasteiger partial charge on any atom is 0.315 e. The average molecular weight is 591 g/mol. The molecule has 0 saturated carbocycles. The standard InChI is InChI=1S/C28H42N6O6S/c29-32-19-21-7-9-22(10-8-21)27(36)31-12-4-14-39-16-18-40-17-15-38-13-3-11-30-25(35)6-2-1-5-24-26-23(20-41-24)33-28(37)34-26/h7-10,19,23-24,26H,1-6,11-18,20H2,(H,30,35)(H,31,36)(H2,33,34,37). The number of carbonyl (C=O) groups is 3. The lowest BCUT2D eigenvalue weighted by atomic mass is 10.0. The van der Waals surface area contributed by atoms with Crippen LogP contribution < -0.4 is 21.3 Å². The number of rotatable bonds is 21. The molecule has 3 unspecified atom stereocenters. The van der Waals surface area contributed by atoms with Gasteiger partial charge in [-0.2, -0.15) is 16.6 Å². The summed E-state index contributed by atoms with van der Waals surface area (Å²) in [5.41, 5.74) is 9.77. The van der Waals surface area contributed by atoms with E-state index in [0.717, 1.165) is 31.4 Å². The van der Waals surface area contributed by atoms with Gasteiger partial charge in [0.05, 0.1) is 44.1 Å². The molecule has 1 aromatic rings. The van der Waals surface area contributed by atoms with E-state index in [4.69, 9.17) is 19.7 Å². The molecule has 2 heterocycles. The van der Waals surface area contributed by atoms with Gasteiger partial charge in [-0.3, -0.25) is 9.59 Å². The molecule has 1 aromatic carbocycles. The van der Waals surface area contributed by atoms with Gasteiger partial charge in [0.1, 0.15) is 0 Å². The zero-order chi connectivity index (χ0) is 29.1. The van der Waals surface area contributed by atoms with Gasteiger partial charge in [-0.25, -0.2) is 4.79 Å². The van der Waals surface area contributed by atoms with E-state index in [1.54, 1.807) is 24.3 Å². The van der Waals surface area contributed by atoms with Crippen LogP contribution in [0.25, 0.3) is 5.53 Å². The first-order valence-electron chi connectivity index (χ1n) is 14.3. The lowest BCUT2D eigenvalue weighted by Gasteiger charge is -2.16. The van der Waals surface area contributed by atoms with Crippen molar-refractivity contribution in [1.82, 2.24) is 21.3 Å². The molecule has 0 aliphatic carbocycles. The van der Waals surface area contributed by atoms with Crippen LogP contribution in [0.1, 0.15) is 54.4 Å². The highest BCUT2D eigenvalue weighted by atomic mass is 32.2. The van der Waals surface area contributed by atoms with Crippen LogP contribution in [-0.2, 0) is 19.0 Å². The Morgan fingerprint density at radius 3 is 2.27 bits per heavy atom. The highest BCUT2D eigenvalue weighted by Crippen LogP contribution is 2.33. The number of carbonyl (C=O) groups excluding carboxylic acids is 3. The van der Waals surface area contributed by atoms with Crippen molar-refractivity contribution >= 4 is 35.8 Å². The van der Waals surface area contributed by atoms with Gasteiger partial charge in [0, 0.05) is 49.3 Å². The molecule has 4 amide bonds. The third-order valence-electron chi connectivity index (χ3n) is 6.74. The van der Waals surface area contributed by atoms with E-state index in [1.807, 2.05) is 11.8 Å². The zero-order valence-electron chi connectivity index (χ0n) is 23.5. The molecule has 0 spiro atoms. The molecule has 2 aliphatic rings. The number of urea groups is 1. The number of amides is 4. The van der Waals surface area contributed by atoms with Crippen LogP contribution in [0.5, 0.6) is 0 Å². The molecular weight excluding hydrogens is 548 g/mol. The fraction of sp³-hybridized carbons (Fsp3) is 0.643. The first-order valence-corrected chi connectivity index (χ1v) is 15.4. The Bertz CT molecular complexity index is 1010. The van der Waals surface area contributed by atoms with E-state index in [0.29, 0.717) is 81.9 Å². The number of nitrogens with one attached hydrogen (secondary N) is 4. The molecule has 4 N–H and O–H groups in total. The molecule has 2 fully saturated rings. The average Bonchev–Trinajstić information content (AvgIpc) is 3.52. The summed E-state index contributed by atoms with van der Waals surface area (Å²) in [4.78, 5) is 38.5. The molecule has 2 aliphatic heterocycles. The number of ether oxygens (including phenoxy) is 3. The predicted molar refractivity (Wildman–Crippen MR) is 156 cm³/mol. The van der Waals surface area contributed by atoms with Gasteiger partial charge in [-0.1, -0.05) is 6.42 Å². The molecule has 3 rings (SSSR count). The normalized spacial score (nSPS) is 19.1. The second-order valence-electron chi connectivity index (χ2n) is 9.88. The number of unbranched alkanes of at least 4 members (excludes halogenated alkanes) is 1. The summed E-state index contributed by atoms with van der Waals surface area (Å²) >= 11 is 1.90. The zero-order valence-corrected chi connectivity index (χ0v) is 24.3. The van der Waals surface area contributed by atoms with Gasteiger partial charge >= 0.3 is 6.03 Å². The fourth-order valence-corrected chi connectivity index (χ4v) is 6.12. The fourth-order valence-electron chi connectivity index (χ4n) is 4.57. The monoisotopic (exact) mass is 590 g/mol. The van der Waals surface area contributed by atoms with Crippen LogP contribution >= 0.6 is 11.8 Å². The highest BCUT2D eigenvalue weighted by molar-refractivity contribution is 8.00. The smallest absolute Gasteiger partial charge is 0.315 e. The van der Waals surface area contributed by atoms with Crippen molar-refractivity contribution in [2.75, 3.05) is 58.5 Å². The SMILES string of the molecule is [N-]=[N+]=Cc1ccc(C(=O)NCCCOCCOCCOCCCNC(=O)CCCCC2SCC3NC(=O)NC32)cc1. The van der Waals surface area contributed by atoms with Crippen molar-refractivity contribution in [2.24, 2.45) is 0 Å². The minimum atomic E-state index is -0.161. The summed E-state index contributed by atoms with van der Waals surface area (Å²) in [6.45, 7) is 4.11. The number of benzene rings is 1. The van der Waals surface area contributed by atoms with Crippen molar-refractivity contribution in [1.29, 1.82) is 0 Å². The van der Waals surface area contributed by atoms with E-state index in [1.165, 1.54) is 6.21 Å². The minimum Gasteiger partial charge on any atom is -0.379 e. The first kappa shape index (κ1) is 32.6. The van der Waals surface area contributed by atoms with Crippen LogP contribution in [0.2, 0.25) is 0 Å². The molecule has 12 nitrogen and oxygen atoms in total. The summed E-state index contributed by atoms with van der Waals surface area (Å²) in [6, 6.07) is 7.17. The summed E-state index contributed by atoms with van der Waals surface area (Å²) in [6.07, 6.45) is 6.13. The van der Waals surface area contributed by atoms with Crippen LogP contribution in [0.15, 0.2) is 24.3 Å². The van der Waals surface area contributed by atoms with Crippen molar-refractivity contribution in [3.05, 3.63) is 40.9 Å². The Balaban J connectivity index is 1.02. The minimum absolute atomic E-state index is 0.0595. The number of nitrogens with zero attached hydrogens (tertiary/aromatic N) is 2. The molecular formula is C28H42N6O6S. The van der Waals surface area contributed by atoms with Gasteiger partial charge < -0.3 is 41.0 Å². The maximum absolute atomic E-state index is 12.1. The second kappa shape index (κ2) is 19.2. The molecule has 0 bridgehead atoms. The first-order chi connectivity index (χ1) is 20.1. The molecule has 13 heteroatoms. The Hall–Kier alpha value is -2.96. The third kappa shape index (κ3) is 12.6. The maximum atomic E-state index is 12.1. The van der Waals surface area contributed by atoms with E-state index in [-0.39, 0.29) is 29.9 Å². The lowest BCUT2D eigenvalue weighted by Crippen LogP contribution is -2.36. The molecule has 2 saturated heterocycles. The van der Waals surface area contributed by atoms with Crippen molar-refractivity contribution in [2.45, 2.75) is 55.9 Å². The van der Waals surface area contributed by atoms with Crippen LogP contribution in [0, 0.1) is 0 Å². The van der Waals surface area contributed by atoms with Crippen LogP contribution in [0.3, 0.4) is 0 Å². The van der Waals surface area contributed by atoms with Gasteiger partial charge in [-0.05, 0) is 49.9 Å². The van der Waals surface area contributed by atoms with Crippen LogP contribution in [0.4, 0.5) is 4.79 Å². The van der Waals surface area contributed by atoms with Crippen molar-refractivity contribution in [3.63, 3.8) is 0 Å².